The third-order valence-electron chi connectivity index (χ3n) is 16.2. The average Bonchev–Trinajstić information content (AvgIpc) is 1.75. The number of aliphatic hydroxyl groups is 1. The molecule has 12 atom stereocenters. The topological polar surface area (TPSA) is 502 Å². The number of amides is 10. The summed E-state index contributed by atoms with van der Waals surface area (Å²) >= 11 is 0. The molecule has 6 rings (SSSR count). The normalized spacial score (nSPS) is 21.6. The molecule has 3 aromatic carbocycles. The van der Waals surface area contributed by atoms with Crippen molar-refractivity contribution in [3.05, 3.63) is 102 Å². The van der Waals surface area contributed by atoms with Gasteiger partial charge in [0, 0.05) is 60.8 Å². The van der Waals surface area contributed by atoms with E-state index in [2.05, 4.69) is 52.8 Å². The number of carbonyl (C=O) groups excluding carboxylic acids is 10. The number of nitrogens with two attached hydrogens (primary N) is 2. The number of nitrogens with zero attached hydrogens (tertiary/aromatic N) is 1. The van der Waals surface area contributed by atoms with Crippen LogP contribution in [0.1, 0.15) is 88.8 Å². The molecule has 19 N–H and O–H groups in total. The van der Waals surface area contributed by atoms with E-state index in [1.54, 1.807) is 60.8 Å². The summed E-state index contributed by atoms with van der Waals surface area (Å²) in [7, 11) is 1.65. The highest BCUT2D eigenvalue weighted by Gasteiger charge is 2.42. The molecule has 10 amide bonds. The third kappa shape index (κ3) is 23.2. The third-order valence-corrected chi connectivity index (χ3v) is 18.6. The Morgan fingerprint density at radius 1 is 0.649 bits per heavy atom. The van der Waals surface area contributed by atoms with Crippen LogP contribution in [0.2, 0.25) is 0 Å². The molecule has 2 aliphatic rings. The maximum Gasteiger partial charge on any atom is 0.326 e. The van der Waals surface area contributed by atoms with E-state index < -0.39 is 180 Å². The second kappa shape index (κ2) is 37.3. The van der Waals surface area contributed by atoms with Crippen LogP contribution >= 0.6 is 21.6 Å². The summed E-state index contributed by atoms with van der Waals surface area (Å²) in [6, 6.07) is 3.64. The molecule has 2 saturated heterocycles. The molecular weight excluding hydrogens is 1300 g/mol. The summed E-state index contributed by atoms with van der Waals surface area (Å²) in [5.41, 5.74) is 13.9. The molecule has 526 valence electrons. The zero-order chi connectivity index (χ0) is 71.0. The molecule has 2 aliphatic heterocycles. The molecular formula is C64H85N13O18S2. The van der Waals surface area contributed by atoms with Gasteiger partial charge in [-0.05, 0) is 92.8 Å². The molecule has 2 fully saturated rings. The summed E-state index contributed by atoms with van der Waals surface area (Å²) < 4.78 is 0. The highest BCUT2D eigenvalue weighted by Crippen LogP contribution is 2.26. The van der Waals surface area contributed by atoms with Crippen LogP contribution < -0.4 is 59.3 Å². The summed E-state index contributed by atoms with van der Waals surface area (Å²) in [5.74, 6) is -16.0. The number of hydrogen-bond donors (Lipinski definition) is 17. The van der Waals surface area contributed by atoms with Gasteiger partial charge in [0.25, 0.3) is 0 Å². The molecule has 31 nitrogen and oxygen atoms in total. The Bertz CT molecular complexity index is 3450. The number of carbonyl (C=O) groups is 13. The van der Waals surface area contributed by atoms with Crippen LogP contribution in [0.15, 0.2) is 85.1 Å². The monoisotopic (exact) mass is 1390 g/mol. The number of para-hydroxylation sites is 1. The van der Waals surface area contributed by atoms with Crippen molar-refractivity contribution in [1.29, 1.82) is 0 Å². The predicted molar refractivity (Wildman–Crippen MR) is 355 cm³/mol. The van der Waals surface area contributed by atoms with E-state index >= 15 is 14.4 Å². The highest BCUT2D eigenvalue weighted by molar-refractivity contribution is 8.76. The number of H-pyrrole nitrogens is 1. The maximum absolute atomic E-state index is 15.1. The molecule has 0 radical (unpaired) electrons. The fourth-order valence-corrected chi connectivity index (χ4v) is 13.1. The lowest BCUT2D eigenvalue weighted by Gasteiger charge is -2.31. The number of carboxylic acids is 3. The van der Waals surface area contributed by atoms with E-state index in [9.17, 15) is 68.4 Å². The van der Waals surface area contributed by atoms with Gasteiger partial charge in [-0.1, -0.05) is 96.1 Å². The quantitative estimate of drug-likeness (QED) is 0.0240. The van der Waals surface area contributed by atoms with E-state index in [-0.39, 0.29) is 70.2 Å². The molecule has 97 heavy (non-hydrogen) atoms. The number of hydrogen-bond acceptors (Lipinski definition) is 19. The first-order valence-electron chi connectivity index (χ1n) is 31.6. The van der Waals surface area contributed by atoms with E-state index in [4.69, 9.17) is 16.6 Å². The lowest BCUT2D eigenvalue weighted by atomic mass is 10.0. The number of aliphatic hydroxyl groups excluding tert-OH is 1. The Kier molecular flexibility index (Phi) is 29.5. The lowest BCUT2D eigenvalue weighted by Crippen LogP contribution is -2.62. The molecule has 4 aromatic rings. The summed E-state index contributed by atoms with van der Waals surface area (Å²) in [6.45, 7) is 4.32. The first kappa shape index (κ1) is 76.7. The number of aromatic amines is 1. The first-order valence-corrected chi connectivity index (χ1v) is 34.1. The molecule has 0 spiro atoms. The molecule has 0 saturated carbocycles. The molecule has 1 aromatic heterocycles. The summed E-state index contributed by atoms with van der Waals surface area (Å²) in [5, 5.41) is 74.1. The van der Waals surface area contributed by atoms with Crippen LogP contribution in [0, 0.1) is 5.92 Å². The Labute approximate surface area is 566 Å². The minimum Gasteiger partial charge on any atom is -0.508 e. The Morgan fingerprint density at radius 2 is 1.24 bits per heavy atom. The number of benzene rings is 3. The van der Waals surface area contributed by atoms with Crippen LogP contribution in [0.25, 0.3) is 10.9 Å². The number of carboxylic acid groups (broad SMARTS) is 3. The number of likely N-dealkylation sites (tertiary alicyclic amines) is 1. The van der Waals surface area contributed by atoms with E-state index in [1.807, 2.05) is 0 Å². The fraction of sp³-hybridized carbons (Fsp3) is 0.484. The van der Waals surface area contributed by atoms with Crippen molar-refractivity contribution in [2.24, 2.45) is 17.4 Å². The van der Waals surface area contributed by atoms with Crippen LogP contribution in [-0.4, -0.2) is 210 Å². The maximum atomic E-state index is 15.1. The smallest absolute Gasteiger partial charge is 0.326 e. The van der Waals surface area contributed by atoms with Gasteiger partial charge in [0.05, 0.1) is 18.6 Å². The first-order chi connectivity index (χ1) is 46.1. The second-order valence-electron chi connectivity index (χ2n) is 24.0. The number of aliphatic carboxylic acids is 3. The molecule has 0 unspecified atom stereocenters. The Hall–Kier alpha value is -9.31. The van der Waals surface area contributed by atoms with Gasteiger partial charge in [0.15, 0.2) is 0 Å². The van der Waals surface area contributed by atoms with Crippen molar-refractivity contribution < 1.29 is 87.9 Å². The number of aromatic nitrogens is 1. The van der Waals surface area contributed by atoms with Gasteiger partial charge < -0.3 is 94.7 Å². The number of phenolic OH excluding ortho intramolecular Hbond substituents is 1. The van der Waals surface area contributed by atoms with E-state index in [0.29, 0.717) is 34.0 Å². The number of unbranched alkanes of at least 4 members (excludes halogenated alkanes) is 1. The van der Waals surface area contributed by atoms with Gasteiger partial charge in [-0.3, -0.25) is 57.5 Å². The standard InChI is InChI=1S/C64H85N13O18S2/c1-33(2)52(64(94)95)75-61(91)48-32-97-96-31-47(73-59(89)46(29-51(82)83)72-62(92)49-17-11-25-77(49)63(93)53(34(3)78)76-54(84)40(66)22-23-50(80)81)60(90)70-43(26-35-12-5-4-6-13-35)56(86)71-45(28-37-30-67-41-15-8-7-14-39(37)41)58(88)68-42(16-9-10-24-65)55(85)69-44(57(87)74-48)27-36-18-20-38(79)21-19-36/h4-8,12-15,18-21,30,33-34,40,42-49,52-53,67,78-79H,9-11,16-17,22-29,31-32,65-66H2,1-3H3,(H,68,88)(H,69,85)(H,70,90)(H,71,86)(H,72,92)(H,73,89)(H,74,87)(H,75,91)(H,76,84)(H,80,81)(H,82,83)(H,94,95)/t34-,40+,42+,43+,44+,45+,46+,47+,48+,49-,52+,53+/m1/s1. The van der Waals surface area contributed by atoms with Crippen LogP contribution in [0.4, 0.5) is 0 Å². The van der Waals surface area contributed by atoms with E-state index in [0.717, 1.165) is 26.5 Å². The SMILES string of the molecule is CC(C)[C@H](NC(=O)[C@@H]1CSSC[C@H](NC(=O)[C@H](CC(=O)O)NC(=O)[C@H]2CCCN2C(=O)[C@@H](NC(=O)[C@@H](N)CCC(=O)O)[C@@H](C)O)C(=O)N[C@@H](Cc2ccccc2)C(=O)N[C@@H](Cc2c[nH]c3ccccc23)C(=O)N[C@@H](CCCCN)C(=O)N[C@@H](Cc2ccc(O)cc2)C(=O)N1)C(=O)O. The Balaban J connectivity index is 1.41. The number of rotatable bonds is 27. The van der Waals surface area contributed by atoms with Crippen molar-refractivity contribution in [2.45, 2.75) is 164 Å². The average molecular weight is 1390 g/mol. The predicted octanol–water partition coefficient (Wildman–Crippen LogP) is -1.43. The van der Waals surface area contributed by atoms with Crippen molar-refractivity contribution in [3.8, 4) is 5.75 Å². The number of phenols is 1. The molecule has 3 heterocycles. The lowest BCUT2D eigenvalue weighted by molar-refractivity contribution is -0.145. The van der Waals surface area contributed by atoms with Crippen molar-refractivity contribution in [1.82, 2.24) is 57.7 Å². The minimum atomic E-state index is -2.00. The molecule has 33 heteroatoms. The van der Waals surface area contributed by atoms with Crippen molar-refractivity contribution in [2.75, 3.05) is 24.6 Å². The second-order valence-corrected chi connectivity index (χ2v) is 26.6. The minimum absolute atomic E-state index is 0.0443. The Morgan fingerprint density at radius 3 is 1.86 bits per heavy atom. The molecule has 0 aliphatic carbocycles. The fourth-order valence-electron chi connectivity index (χ4n) is 10.8. The number of aromatic hydroxyl groups is 1. The molecule has 0 bridgehead atoms. The zero-order valence-electron chi connectivity index (χ0n) is 53.7. The van der Waals surface area contributed by atoms with Crippen LogP contribution in [0.3, 0.4) is 0 Å². The van der Waals surface area contributed by atoms with Gasteiger partial charge in [-0.25, -0.2) is 4.79 Å². The van der Waals surface area contributed by atoms with Crippen molar-refractivity contribution in [3.63, 3.8) is 0 Å². The van der Waals surface area contributed by atoms with E-state index in [1.165, 1.54) is 45.0 Å². The van der Waals surface area contributed by atoms with Crippen LogP contribution in [0.5, 0.6) is 5.75 Å². The van der Waals surface area contributed by atoms with Crippen molar-refractivity contribution >= 4 is 109 Å². The summed E-state index contributed by atoms with van der Waals surface area (Å²) in [4.78, 5) is 185. The highest BCUT2D eigenvalue weighted by atomic mass is 33.1. The van der Waals surface area contributed by atoms with Gasteiger partial charge in [-0.2, -0.15) is 0 Å². The van der Waals surface area contributed by atoms with Gasteiger partial charge in [0.1, 0.15) is 66.2 Å². The largest absolute Gasteiger partial charge is 0.508 e. The van der Waals surface area contributed by atoms with Gasteiger partial charge in [0.2, 0.25) is 59.1 Å². The van der Waals surface area contributed by atoms with Crippen LogP contribution in [-0.2, 0) is 81.6 Å². The summed E-state index contributed by atoms with van der Waals surface area (Å²) in [6.07, 6.45) is -1.85. The van der Waals surface area contributed by atoms with Gasteiger partial charge in [-0.15, -0.1) is 0 Å². The number of fused-ring (bicyclic) bond motifs is 1. The van der Waals surface area contributed by atoms with Gasteiger partial charge >= 0.3 is 17.9 Å². The number of nitrogens with one attached hydrogen (secondary N) is 10. The zero-order valence-corrected chi connectivity index (χ0v) is 55.3.